The number of carbonyl (C=O) groups excluding carboxylic acids is 1. The average molecular weight is 369 g/mol. The number of aromatic amines is 1. The molecular weight excluding hydrogens is 361 g/mol. The number of halogens is 3. The fourth-order valence-electron chi connectivity index (χ4n) is 2.08. The topological polar surface area (TPSA) is 71.8 Å². The summed E-state index contributed by atoms with van der Waals surface area (Å²) in [5.41, 5.74) is 6.56. The van der Waals surface area contributed by atoms with Gasteiger partial charge in [-0.25, -0.2) is 9.37 Å². The van der Waals surface area contributed by atoms with E-state index in [1.165, 1.54) is 12.3 Å². The normalized spacial score (nSPS) is 11.0. The molecule has 21 heavy (non-hydrogen) atoms. The largest absolute Gasteiger partial charge is 0.396 e. The van der Waals surface area contributed by atoms with Crippen LogP contribution in [0.5, 0.6) is 0 Å². The van der Waals surface area contributed by atoms with Crippen molar-refractivity contribution in [3.8, 4) is 0 Å². The van der Waals surface area contributed by atoms with E-state index < -0.39 is 5.82 Å². The van der Waals surface area contributed by atoms with Crippen LogP contribution in [0.1, 0.15) is 15.9 Å². The minimum atomic E-state index is -0.586. The van der Waals surface area contributed by atoms with E-state index >= 15 is 0 Å². The van der Waals surface area contributed by atoms with Crippen molar-refractivity contribution in [2.75, 3.05) is 5.73 Å². The molecule has 0 radical (unpaired) electrons. The number of nitrogens with one attached hydrogen (secondary N) is 1. The molecule has 0 unspecified atom stereocenters. The number of carbonyl (C=O) groups is 1. The molecule has 1 aromatic carbocycles. The van der Waals surface area contributed by atoms with Gasteiger partial charge < -0.3 is 10.7 Å². The van der Waals surface area contributed by atoms with Gasteiger partial charge in [0.05, 0.1) is 16.3 Å². The van der Waals surface area contributed by atoms with Crippen LogP contribution >= 0.6 is 27.5 Å². The van der Waals surface area contributed by atoms with Gasteiger partial charge in [-0.3, -0.25) is 4.79 Å². The number of pyridine rings is 1. The van der Waals surface area contributed by atoms with Crippen molar-refractivity contribution in [3.63, 3.8) is 0 Å². The maximum atomic E-state index is 13.4. The summed E-state index contributed by atoms with van der Waals surface area (Å²) >= 11 is 9.30. The Balaban J connectivity index is 2.20. The summed E-state index contributed by atoms with van der Waals surface area (Å²) in [7, 11) is 0. The van der Waals surface area contributed by atoms with Crippen molar-refractivity contribution in [2.24, 2.45) is 0 Å². The molecule has 2 aromatic heterocycles. The van der Waals surface area contributed by atoms with Crippen LogP contribution in [0.4, 0.5) is 10.1 Å². The zero-order valence-corrected chi connectivity index (χ0v) is 12.8. The molecule has 3 aromatic rings. The summed E-state index contributed by atoms with van der Waals surface area (Å²) < 4.78 is 13.7. The summed E-state index contributed by atoms with van der Waals surface area (Å²) in [5.74, 6) is -0.910. The van der Waals surface area contributed by atoms with E-state index in [0.29, 0.717) is 26.1 Å². The number of nitrogens with zero attached hydrogens (tertiary/aromatic N) is 1. The fraction of sp³-hybridized carbons (Fsp3) is 0. The first-order valence-electron chi connectivity index (χ1n) is 5.90. The number of rotatable bonds is 2. The van der Waals surface area contributed by atoms with Crippen LogP contribution in [0.3, 0.4) is 0 Å². The van der Waals surface area contributed by atoms with Gasteiger partial charge in [-0.15, -0.1) is 0 Å². The molecule has 2 heterocycles. The van der Waals surface area contributed by atoms with Gasteiger partial charge in [0.15, 0.2) is 5.78 Å². The van der Waals surface area contributed by atoms with E-state index in [1.807, 2.05) is 0 Å². The number of nitrogens with two attached hydrogens (primary N) is 1. The highest BCUT2D eigenvalue weighted by atomic mass is 79.9. The predicted octanol–water partition coefficient (Wildman–Crippen LogP) is 3.93. The zero-order chi connectivity index (χ0) is 15.1. The third kappa shape index (κ3) is 2.30. The number of fused-ring (bicyclic) bond motifs is 1. The van der Waals surface area contributed by atoms with Crippen LogP contribution in [0.2, 0.25) is 5.02 Å². The SMILES string of the molecule is Nc1cc(C(=O)c2c[nH]c3nccc(Cl)c23)c(Br)cc1F. The van der Waals surface area contributed by atoms with E-state index in [9.17, 15) is 9.18 Å². The molecule has 3 rings (SSSR count). The number of nitrogen functional groups attached to an aromatic ring is 1. The van der Waals surface area contributed by atoms with Crippen molar-refractivity contribution < 1.29 is 9.18 Å². The van der Waals surface area contributed by atoms with Gasteiger partial charge in [-0.05, 0) is 34.1 Å². The van der Waals surface area contributed by atoms with Gasteiger partial charge >= 0.3 is 0 Å². The first kappa shape index (κ1) is 14.0. The molecule has 0 spiro atoms. The minimum absolute atomic E-state index is 0.0920. The summed E-state index contributed by atoms with van der Waals surface area (Å²) in [6, 6.07) is 4.06. The van der Waals surface area contributed by atoms with Crippen LogP contribution in [0, 0.1) is 5.82 Å². The van der Waals surface area contributed by atoms with E-state index in [4.69, 9.17) is 17.3 Å². The number of hydrogen-bond donors (Lipinski definition) is 2. The molecule has 0 atom stereocenters. The molecule has 0 aliphatic carbocycles. The van der Waals surface area contributed by atoms with Gasteiger partial charge in [0, 0.05) is 27.8 Å². The number of benzene rings is 1. The molecule has 0 fully saturated rings. The molecule has 0 aliphatic rings. The monoisotopic (exact) mass is 367 g/mol. The lowest BCUT2D eigenvalue weighted by atomic mass is 10.0. The van der Waals surface area contributed by atoms with Crippen LogP contribution in [0.15, 0.2) is 35.1 Å². The Kier molecular flexibility index (Phi) is 3.43. The highest BCUT2D eigenvalue weighted by molar-refractivity contribution is 9.10. The third-order valence-electron chi connectivity index (χ3n) is 3.10. The van der Waals surface area contributed by atoms with Gasteiger partial charge in [0.1, 0.15) is 11.5 Å². The smallest absolute Gasteiger partial charge is 0.196 e. The van der Waals surface area contributed by atoms with Gasteiger partial charge in [-0.1, -0.05) is 11.6 Å². The Bertz CT molecular complexity index is 878. The second-order valence-electron chi connectivity index (χ2n) is 4.40. The number of anilines is 1. The average Bonchev–Trinajstić information content (AvgIpc) is 2.87. The van der Waals surface area contributed by atoms with E-state index in [2.05, 4.69) is 25.9 Å². The Morgan fingerprint density at radius 3 is 2.90 bits per heavy atom. The summed E-state index contributed by atoms with van der Waals surface area (Å²) in [6.45, 7) is 0. The molecule has 3 N–H and O–H groups in total. The van der Waals surface area contributed by atoms with Gasteiger partial charge in [-0.2, -0.15) is 0 Å². The molecule has 4 nitrogen and oxygen atoms in total. The molecule has 106 valence electrons. The number of H-pyrrole nitrogens is 1. The molecule has 7 heteroatoms. The third-order valence-corrected chi connectivity index (χ3v) is 4.07. The standard InChI is InChI=1S/C14H8BrClFN3O/c15-8-4-10(17)11(18)3-6(8)13(21)7-5-20-14-12(7)9(16)1-2-19-14/h1-5H,18H2,(H,19,20). The highest BCUT2D eigenvalue weighted by Gasteiger charge is 2.20. The Hall–Kier alpha value is -1.92. The van der Waals surface area contributed by atoms with Gasteiger partial charge in [0.2, 0.25) is 0 Å². The van der Waals surface area contributed by atoms with E-state index in [1.54, 1.807) is 12.3 Å². The van der Waals surface area contributed by atoms with E-state index in [0.717, 1.165) is 6.07 Å². The molecular formula is C14H8BrClFN3O. The summed E-state index contributed by atoms with van der Waals surface area (Å²) in [5, 5.41) is 0.940. The molecule has 0 saturated carbocycles. The number of ketones is 1. The maximum Gasteiger partial charge on any atom is 0.196 e. The fourth-order valence-corrected chi connectivity index (χ4v) is 2.82. The van der Waals surface area contributed by atoms with Crippen LogP contribution in [0.25, 0.3) is 11.0 Å². The van der Waals surface area contributed by atoms with Crippen molar-refractivity contribution in [3.05, 3.63) is 57.0 Å². The van der Waals surface area contributed by atoms with Crippen molar-refractivity contribution in [1.29, 1.82) is 0 Å². The summed E-state index contributed by atoms with van der Waals surface area (Å²) in [6.07, 6.45) is 3.07. The molecule has 0 bridgehead atoms. The number of aromatic nitrogens is 2. The van der Waals surface area contributed by atoms with Crippen LogP contribution in [-0.2, 0) is 0 Å². The molecule has 0 saturated heterocycles. The quantitative estimate of drug-likeness (QED) is 0.532. The lowest BCUT2D eigenvalue weighted by molar-refractivity contribution is 0.103. The number of hydrogen-bond acceptors (Lipinski definition) is 3. The Morgan fingerprint density at radius 1 is 1.38 bits per heavy atom. The van der Waals surface area contributed by atoms with E-state index in [-0.39, 0.29) is 17.0 Å². The van der Waals surface area contributed by atoms with Crippen molar-refractivity contribution in [2.45, 2.75) is 0 Å². The molecule has 0 aliphatic heterocycles. The first-order valence-corrected chi connectivity index (χ1v) is 7.07. The second kappa shape index (κ2) is 5.13. The predicted molar refractivity (Wildman–Crippen MR) is 83.0 cm³/mol. The Morgan fingerprint density at radius 2 is 2.14 bits per heavy atom. The van der Waals surface area contributed by atoms with Crippen molar-refractivity contribution in [1.82, 2.24) is 9.97 Å². The zero-order valence-electron chi connectivity index (χ0n) is 10.5. The first-order chi connectivity index (χ1) is 9.99. The van der Waals surface area contributed by atoms with Crippen LogP contribution in [-0.4, -0.2) is 15.8 Å². The Labute approximate surface area is 132 Å². The minimum Gasteiger partial charge on any atom is -0.396 e. The molecule has 0 amide bonds. The lowest BCUT2D eigenvalue weighted by Gasteiger charge is -2.06. The highest BCUT2D eigenvalue weighted by Crippen LogP contribution is 2.30. The second-order valence-corrected chi connectivity index (χ2v) is 5.66. The maximum absolute atomic E-state index is 13.4. The van der Waals surface area contributed by atoms with Crippen LogP contribution < -0.4 is 5.73 Å². The summed E-state index contributed by atoms with van der Waals surface area (Å²) in [4.78, 5) is 19.6. The lowest BCUT2D eigenvalue weighted by Crippen LogP contribution is -2.04. The van der Waals surface area contributed by atoms with Crippen molar-refractivity contribution >= 4 is 50.0 Å². The van der Waals surface area contributed by atoms with Gasteiger partial charge in [0.25, 0.3) is 0 Å².